The minimum absolute atomic E-state index is 0.143. The fourth-order valence-corrected chi connectivity index (χ4v) is 3.83. The first kappa shape index (κ1) is 23.4. The third-order valence-corrected chi connectivity index (χ3v) is 5.53. The second-order valence-electron chi connectivity index (χ2n) is 9.33. The summed E-state index contributed by atoms with van der Waals surface area (Å²) >= 11 is 0. The maximum atomic E-state index is 12.0. The Morgan fingerprint density at radius 2 is 1.79 bits per heavy atom. The third-order valence-electron chi connectivity index (χ3n) is 5.53. The van der Waals surface area contributed by atoms with E-state index in [9.17, 15) is 4.79 Å². The minimum Gasteiger partial charge on any atom is -0.444 e. The molecule has 0 atom stereocenters. The topological polar surface area (TPSA) is 88.8 Å². The summed E-state index contributed by atoms with van der Waals surface area (Å²) in [4.78, 5) is 16.5. The van der Waals surface area contributed by atoms with Crippen molar-refractivity contribution in [2.75, 3.05) is 6.61 Å². The Labute approximate surface area is 199 Å². The fraction of sp³-hybridized carbons (Fsp3) is 0.296. The number of ether oxygens (including phenoxy) is 1. The van der Waals surface area contributed by atoms with Gasteiger partial charge in [-0.15, -0.1) is 0 Å². The summed E-state index contributed by atoms with van der Waals surface area (Å²) in [7, 11) is 0. The van der Waals surface area contributed by atoms with Crippen molar-refractivity contribution < 1.29 is 14.6 Å². The van der Waals surface area contributed by atoms with Crippen LogP contribution in [0.2, 0.25) is 0 Å². The molecule has 2 heterocycles. The molecule has 0 saturated carbocycles. The average Bonchev–Trinajstić information content (AvgIpc) is 3.22. The number of fused-ring (bicyclic) bond motifs is 1. The van der Waals surface area contributed by atoms with Crippen molar-refractivity contribution in [1.82, 2.24) is 19.9 Å². The van der Waals surface area contributed by atoms with Crippen molar-refractivity contribution in [3.05, 3.63) is 77.7 Å². The van der Waals surface area contributed by atoms with Crippen LogP contribution in [-0.2, 0) is 17.7 Å². The lowest BCUT2D eigenvalue weighted by Gasteiger charge is -2.20. The fourth-order valence-electron chi connectivity index (χ4n) is 3.83. The van der Waals surface area contributed by atoms with Crippen molar-refractivity contribution in [3.63, 3.8) is 0 Å². The number of hydrogen-bond donors (Lipinski definition) is 2. The van der Waals surface area contributed by atoms with Gasteiger partial charge in [-0.05, 0) is 68.5 Å². The number of aliphatic hydroxyl groups excluding tert-OH is 1. The van der Waals surface area contributed by atoms with E-state index < -0.39 is 11.7 Å². The number of alkyl carbamates (subject to hydrolysis) is 1. The summed E-state index contributed by atoms with van der Waals surface area (Å²) in [5, 5.41) is 16.3. The minimum atomic E-state index is -0.529. The van der Waals surface area contributed by atoms with Gasteiger partial charge in [0.2, 0.25) is 0 Å². The predicted octanol–water partition coefficient (Wildman–Crippen LogP) is 4.93. The van der Waals surface area contributed by atoms with E-state index in [1.165, 1.54) is 0 Å². The van der Waals surface area contributed by atoms with E-state index in [4.69, 9.17) is 9.84 Å². The van der Waals surface area contributed by atoms with Crippen LogP contribution in [0.4, 0.5) is 4.79 Å². The van der Waals surface area contributed by atoms with Gasteiger partial charge >= 0.3 is 6.09 Å². The molecule has 0 bridgehead atoms. The number of aromatic nitrogens is 3. The Balaban J connectivity index is 1.57. The normalized spacial score (nSPS) is 11.6. The lowest BCUT2D eigenvalue weighted by Crippen LogP contribution is -2.32. The molecule has 176 valence electrons. The van der Waals surface area contributed by atoms with Crippen LogP contribution in [0.25, 0.3) is 27.9 Å². The molecule has 0 aliphatic heterocycles. The molecule has 7 nitrogen and oxygen atoms in total. The highest BCUT2D eigenvalue weighted by Crippen LogP contribution is 2.29. The molecule has 34 heavy (non-hydrogen) atoms. The van der Waals surface area contributed by atoms with Gasteiger partial charge in [-0.25, -0.2) is 14.3 Å². The molecule has 0 spiro atoms. The molecular formula is C27H30N4O3. The molecule has 0 saturated heterocycles. The number of rotatable bonds is 6. The van der Waals surface area contributed by atoms with Crippen molar-refractivity contribution in [3.8, 4) is 22.4 Å². The zero-order valence-electron chi connectivity index (χ0n) is 20.0. The zero-order chi connectivity index (χ0) is 24.3. The Kier molecular flexibility index (Phi) is 6.65. The highest BCUT2D eigenvalue weighted by Gasteiger charge is 2.16. The Bertz CT molecular complexity index is 1300. The summed E-state index contributed by atoms with van der Waals surface area (Å²) in [6.45, 7) is 8.08. The van der Waals surface area contributed by atoms with Crippen LogP contribution in [0.5, 0.6) is 0 Å². The van der Waals surface area contributed by atoms with Gasteiger partial charge < -0.3 is 15.2 Å². The largest absolute Gasteiger partial charge is 0.444 e. The molecule has 2 aromatic carbocycles. The van der Waals surface area contributed by atoms with Crippen LogP contribution in [-0.4, -0.2) is 38.0 Å². The van der Waals surface area contributed by atoms with Crippen LogP contribution in [0.15, 0.2) is 61.1 Å². The molecular weight excluding hydrogens is 428 g/mol. The van der Waals surface area contributed by atoms with E-state index >= 15 is 0 Å². The van der Waals surface area contributed by atoms with Crippen molar-refractivity contribution in [2.24, 2.45) is 0 Å². The van der Waals surface area contributed by atoms with Crippen LogP contribution in [0.3, 0.4) is 0 Å². The van der Waals surface area contributed by atoms with E-state index in [0.717, 1.165) is 44.6 Å². The summed E-state index contributed by atoms with van der Waals surface area (Å²) in [6, 6.07) is 16.4. The number of aliphatic hydroxyl groups is 1. The highest BCUT2D eigenvalue weighted by atomic mass is 16.6. The summed E-state index contributed by atoms with van der Waals surface area (Å²) in [6.07, 6.45) is 3.77. The number of nitrogens with one attached hydrogen (secondary N) is 1. The molecule has 2 aromatic heterocycles. The lowest BCUT2D eigenvalue weighted by molar-refractivity contribution is 0.0523. The van der Waals surface area contributed by atoms with Crippen LogP contribution in [0, 0.1) is 6.92 Å². The van der Waals surface area contributed by atoms with Crippen molar-refractivity contribution in [1.29, 1.82) is 0 Å². The van der Waals surface area contributed by atoms with Gasteiger partial charge in [0.1, 0.15) is 11.9 Å². The maximum absolute atomic E-state index is 12.0. The second kappa shape index (κ2) is 9.65. The molecule has 0 fully saturated rings. The predicted molar refractivity (Wildman–Crippen MR) is 132 cm³/mol. The molecule has 1 amide bonds. The monoisotopic (exact) mass is 458 g/mol. The Morgan fingerprint density at radius 1 is 1.06 bits per heavy atom. The first-order valence-electron chi connectivity index (χ1n) is 11.3. The number of aryl methyl sites for hydroxylation is 1. The molecule has 7 heteroatoms. The molecule has 0 aliphatic carbocycles. The average molecular weight is 459 g/mol. The van der Waals surface area contributed by atoms with Gasteiger partial charge in [-0.3, -0.25) is 0 Å². The molecule has 0 radical (unpaired) electrons. The van der Waals surface area contributed by atoms with Crippen LogP contribution < -0.4 is 5.32 Å². The maximum Gasteiger partial charge on any atom is 0.407 e. The zero-order valence-corrected chi connectivity index (χ0v) is 20.0. The molecule has 0 aliphatic rings. The van der Waals surface area contributed by atoms with Gasteiger partial charge in [0.25, 0.3) is 0 Å². The number of amides is 1. The Hall–Kier alpha value is -3.71. The number of nitrogens with zero attached hydrogens (tertiary/aromatic N) is 3. The Morgan fingerprint density at radius 3 is 2.47 bits per heavy atom. The third kappa shape index (κ3) is 5.43. The summed E-state index contributed by atoms with van der Waals surface area (Å²) in [5.74, 6) is 0. The lowest BCUT2D eigenvalue weighted by atomic mass is 10.0. The van der Waals surface area contributed by atoms with Gasteiger partial charge in [-0.2, -0.15) is 5.10 Å². The van der Waals surface area contributed by atoms with E-state index in [-0.39, 0.29) is 6.61 Å². The molecule has 4 rings (SSSR count). The molecule has 2 N–H and O–H groups in total. The van der Waals surface area contributed by atoms with Crippen LogP contribution >= 0.6 is 0 Å². The first-order valence-corrected chi connectivity index (χ1v) is 11.3. The number of carbonyl (C=O) groups is 1. The van der Waals surface area contributed by atoms with Crippen molar-refractivity contribution in [2.45, 2.75) is 46.3 Å². The second-order valence-corrected chi connectivity index (χ2v) is 9.33. The van der Waals surface area contributed by atoms with E-state index in [1.807, 2.05) is 62.7 Å². The van der Waals surface area contributed by atoms with E-state index in [2.05, 4.69) is 39.7 Å². The standard InChI is InChI=1S/C27H30N4O3/c1-18-13-21(9-10-22(18)15-28-26(33)34-27(2,3)4)25-24-14-23(16-31(24)30-17-29-25)20-7-5-19(6-8-20)11-12-32/h5-10,13-14,16-17,32H,11-12,15H2,1-4H3,(H,28,33). The van der Waals surface area contributed by atoms with Crippen LogP contribution in [0.1, 0.15) is 37.5 Å². The number of benzene rings is 2. The van der Waals surface area contributed by atoms with E-state index in [0.29, 0.717) is 13.0 Å². The highest BCUT2D eigenvalue weighted by molar-refractivity contribution is 5.82. The molecule has 4 aromatic rings. The van der Waals surface area contributed by atoms with Gasteiger partial charge in [0, 0.05) is 30.5 Å². The summed E-state index contributed by atoms with van der Waals surface area (Å²) < 4.78 is 7.16. The number of hydrogen-bond acceptors (Lipinski definition) is 5. The van der Waals surface area contributed by atoms with Crippen molar-refractivity contribution >= 4 is 11.6 Å². The van der Waals surface area contributed by atoms with Gasteiger partial charge in [-0.1, -0.05) is 36.4 Å². The SMILES string of the molecule is Cc1cc(-c2ncnn3cc(-c4ccc(CCO)cc4)cc23)ccc1CNC(=O)OC(C)(C)C. The van der Waals surface area contributed by atoms with Gasteiger partial charge in [0.15, 0.2) is 0 Å². The van der Waals surface area contributed by atoms with Gasteiger partial charge in [0.05, 0.1) is 11.2 Å². The quantitative estimate of drug-likeness (QED) is 0.428. The molecule has 0 unspecified atom stereocenters. The smallest absolute Gasteiger partial charge is 0.407 e. The van der Waals surface area contributed by atoms with E-state index in [1.54, 1.807) is 6.33 Å². The number of carbonyl (C=O) groups excluding carboxylic acids is 1. The summed E-state index contributed by atoms with van der Waals surface area (Å²) in [5.41, 5.74) is 7.50. The first-order chi connectivity index (χ1) is 16.2.